The van der Waals surface area contributed by atoms with Gasteiger partial charge in [0.15, 0.2) is 0 Å². The van der Waals surface area contributed by atoms with Crippen molar-refractivity contribution in [3.63, 3.8) is 0 Å². The van der Waals surface area contributed by atoms with Gasteiger partial charge in [0.2, 0.25) is 0 Å². The van der Waals surface area contributed by atoms with Gasteiger partial charge in [0.05, 0.1) is 7.85 Å². The molecular formula is C8H23BO2VW-2. The van der Waals surface area contributed by atoms with Gasteiger partial charge in [-0.3, -0.25) is 0 Å². The average Bonchev–Trinajstić information content (AvgIpc) is 1.94. The number of ether oxygens (including phenoxy) is 2. The molecule has 2 nitrogen and oxygen atoms in total. The van der Waals surface area contributed by atoms with Crippen molar-refractivity contribution in [3.05, 3.63) is 14.9 Å². The first-order chi connectivity index (χ1) is 4.33. The van der Waals surface area contributed by atoms with Crippen LogP contribution in [0.4, 0.5) is 0 Å². The molecule has 0 atom stereocenters. The van der Waals surface area contributed by atoms with Crippen LogP contribution < -0.4 is 0 Å². The monoisotopic (exact) mass is 397 g/mol. The zero-order chi connectivity index (χ0) is 8.12. The van der Waals surface area contributed by atoms with Crippen molar-refractivity contribution in [2.45, 2.75) is 13.7 Å². The van der Waals surface area contributed by atoms with E-state index in [2.05, 4.69) is 17.3 Å². The van der Waals surface area contributed by atoms with E-state index in [1.807, 2.05) is 6.92 Å². The fraction of sp³-hybridized carbons (Fsp3) is 0.750. The molecule has 0 fully saturated rings. The minimum Gasteiger partial charge on any atom is -0.388 e. The number of methoxy groups -OCH3 is 2. The summed E-state index contributed by atoms with van der Waals surface area (Å²) in [7, 11) is 9.43. The van der Waals surface area contributed by atoms with E-state index in [-0.39, 0.29) is 54.5 Å². The largest absolute Gasteiger partial charge is 0.388 e. The Bertz CT molecular complexity index is 29.6. The van der Waals surface area contributed by atoms with Gasteiger partial charge in [-0.2, -0.15) is 0 Å². The molecule has 0 aliphatic rings. The molecule has 13 heavy (non-hydrogen) atoms. The molecule has 0 spiro atoms. The second-order valence-corrected chi connectivity index (χ2v) is 0.986. The zero-order valence-corrected chi connectivity index (χ0v) is 14.3. The first-order valence-electron chi connectivity index (χ1n) is 2.80. The summed E-state index contributed by atoms with van der Waals surface area (Å²) >= 11 is 0. The van der Waals surface area contributed by atoms with Crippen LogP contribution in [0.2, 0.25) is 6.82 Å². The Labute approximate surface area is 113 Å². The summed E-state index contributed by atoms with van der Waals surface area (Å²) < 4.78 is 8.79. The molecule has 0 aliphatic carbocycles. The normalized spacial score (nSPS) is 4.08. The van der Waals surface area contributed by atoms with E-state index >= 15 is 0 Å². The van der Waals surface area contributed by atoms with Gasteiger partial charge in [-0.15, -0.1) is 0 Å². The van der Waals surface area contributed by atoms with Crippen molar-refractivity contribution in [1.29, 1.82) is 0 Å². The van der Waals surface area contributed by atoms with Gasteiger partial charge in [-0.1, -0.05) is 6.82 Å². The summed E-state index contributed by atoms with van der Waals surface area (Å²) in [5.74, 6) is 0. The van der Waals surface area contributed by atoms with Crippen molar-refractivity contribution in [3.8, 4) is 0 Å². The van der Waals surface area contributed by atoms with Crippen LogP contribution in [0.5, 0.6) is 0 Å². The van der Waals surface area contributed by atoms with Crippen molar-refractivity contribution in [1.82, 2.24) is 0 Å². The van der Waals surface area contributed by atoms with Gasteiger partial charge < -0.3 is 24.3 Å². The maximum absolute atomic E-state index is 4.54. The average molecular weight is 397 g/mol. The van der Waals surface area contributed by atoms with Gasteiger partial charge >= 0.3 is 0 Å². The third-order valence-electron chi connectivity index (χ3n) is 0.289. The number of rotatable bonds is 1. The topological polar surface area (TPSA) is 18.5 Å². The molecule has 0 heterocycles. The van der Waals surface area contributed by atoms with Crippen LogP contribution in [-0.4, -0.2) is 35.8 Å². The standard InChI is InChI=1S/C3H8O.C2H6O.CH3B.2CH3.V.W/c1-3-4-2;1-3-2;1-2;;;;/h3H2,1-2H3;1-2H3;1H3;2*1H3;;/q;;;2*-1;;. The molecule has 0 unspecified atom stereocenters. The molecule has 0 aromatic rings. The predicted molar refractivity (Wildman–Crippen MR) is 54.9 cm³/mol. The van der Waals surface area contributed by atoms with Crippen molar-refractivity contribution in [2.75, 3.05) is 27.9 Å². The summed E-state index contributed by atoms with van der Waals surface area (Å²) in [4.78, 5) is 0. The van der Waals surface area contributed by atoms with Crippen molar-refractivity contribution in [2.24, 2.45) is 0 Å². The maximum Gasteiger partial charge on any atom is 0.0606 e. The smallest absolute Gasteiger partial charge is 0.0606 e. The van der Waals surface area contributed by atoms with Crippen LogP contribution in [0.1, 0.15) is 6.92 Å². The molecule has 0 amide bonds. The Morgan fingerprint density at radius 1 is 1.00 bits per heavy atom. The van der Waals surface area contributed by atoms with E-state index in [0.29, 0.717) is 0 Å². The van der Waals surface area contributed by atoms with E-state index in [9.17, 15) is 0 Å². The van der Waals surface area contributed by atoms with Gasteiger partial charge in [-0.25, -0.2) is 0 Å². The SMILES string of the molecule is CCOC.COC.[B]C.[CH3-].[CH3-].[V].[W]. The molecule has 0 aliphatic heterocycles. The summed E-state index contributed by atoms with van der Waals surface area (Å²) in [6, 6.07) is 0. The van der Waals surface area contributed by atoms with Gasteiger partial charge in [0, 0.05) is 67.6 Å². The van der Waals surface area contributed by atoms with Crippen LogP contribution in [0.3, 0.4) is 0 Å². The van der Waals surface area contributed by atoms with E-state index < -0.39 is 0 Å². The summed E-state index contributed by atoms with van der Waals surface area (Å²) in [6.07, 6.45) is 0. The van der Waals surface area contributed by atoms with E-state index in [0.717, 1.165) is 6.61 Å². The molecule has 0 saturated heterocycles. The quantitative estimate of drug-likeness (QED) is 0.498. The molecule has 83 valence electrons. The molecule has 0 bridgehead atoms. The molecule has 0 saturated carbocycles. The summed E-state index contributed by atoms with van der Waals surface area (Å²) in [5.41, 5.74) is 0. The van der Waals surface area contributed by atoms with Crippen LogP contribution in [0.15, 0.2) is 0 Å². The molecule has 0 aromatic carbocycles. The fourth-order valence-corrected chi connectivity index (χ4v) is 0. The maximum atomic E-state index is 4.54. The second-order valence-electron chi connectivity index (χ2n) is 0.986. The third-order valence-corrected chi connectivity index (χ3v) is 0.289. The number of hydrogen-bond acceptors (Lipinski definition) is 2. The Kier molecular flexibility index (Phi) is 402. The van der Waals surface area contributed by atoms with Gasteiger partial charge in [0.1, 0.15) is 0 Å². The van der Waals surface area contributed by atoms with E-state index in [1.54, 1.807) is 21.3 Å². The van der Waals surface area contributed by atoms with E-state index in [4.69, 9.17) is 0 Å². The molecule has 0 N–H and O–H groups in total. The fourth-order valence-electron chi connectivity index (χ4n) is 0. The second kappa shape index (κ2) is 110. The zero-order valence-electron chi connectivity index (χ0n) is 9.96. The van der Waals surface area contributed by atoms with Crippen LogP contribution in [0.25, 0.3) is 0 Å². The van der Waals surface area contributed by atoms with Crippen molar-refractivity contribution >= 4 is 7.85 Å². The first-order valence-corrected chi connectivity index (χ1v) is 2.80. The Morgan fingerprint density at radius 2 is 1.08 bits per heavy atom. The molecule has 0 aromatic heterocycles. The van der Waals surface area contributed by atoms with Crippen LogP contribution in [-0.2, 0) is 49.1 Å². The number of hydrogen-bond donors (Lipinski definition) is 0. The summed E-state index contributed by atoms with van der Waals surface area (Å²) in [5, 5.41) is 0. The molecule has 3 radical (unpaired) electrons. The molecule has 0 rings (SSSR count). The minimum absolute atomic E-state index is 0. The van der Waals surface area contributed by atoms with E-state index in [1.165, 1.54) is 6.82 Å². The first kappa shape index (κ1) is 47.6. The third kappa shape index (κ3) is 330. The Morgan fingerprint density at radius 3 is 1.08 bits per heavy atom. The molecular weight excluding hydrogens is 374 g/mol. The Balaban J connectivity index is -0.00000000749. The molecule has 5 heteroatoms. The van der Waals surface area contributed by atoms with Crippen LogP contribution in [0, 0.1) is 14.9 Å². The van der Waals surface area contributed by atoms with Crippen molar-refractivity contribution < 1.29 is 49.1 Å². The minimum atomic E-state index is 0. The van der Waals surface area contributed by atoms with Gasteiger partial charge in [0.25, 0.3) is 0 Å². The summed E-state index contributed by atoms with van der Waals surface area (Å²) in [6.45, 7) is 4.28. The predicted octanol–water partition coefficient (Wildman–Crippen LogP) is 2.01. The van der Waals surface area contributed by atoms with Gasteiger partial charge in [-0.05, 0) is 6.92 Å². The Hall–Kier alpha value is 1.26. The van der Waals surface area contributed by atoms with Crippen LogP contribution >= 0.6 is 0 Å².